The predicted molar refractivity (Wildman–Crippen MR) is 205 cm³/mol. The highest BCUT2D eigenvalue weighted by Crippen LogP contribution is 2.17. The van der Waals surface area contributed by atoms with E-state index in [9.17, 15) is 19.5 Å². The summed E-state index contributed by atoms with van der Waals surface area (Å²) >= 11 is 0. The Bertz CT molecular complexity index is 1910. The molecule has 0 radical (unpaired) electrons. The summed E-state index contributed by atoms with van der Waals surface area (Å²) in [6.07, 6.45) is 2.44. The molecule has 5 rings (SSSR count). The molecule has 276 valence electrons. The van der Waals surface area contributed by atoms with Crippen LogP contribution in [0.5, 0.6) is 0 Å². The summed E-state index contributed by atoms with van der Waals surface area (Å²) in [5.74, 6) is -0.684. The van der Waals surface area contributed by atoms with Gasteiger partial charge in [0, 0.05) is 36.4 Å². The second-order valence-corrected chi connectivity index (χ2v) is 13.6. The number of pyridine rings is 2. The van der Waals surface area contributed by atoms with Gasteiger partial charge >= 0.3 is 12.1 Å². The number of nitrogens with zero attached hydrogens (tertiary/aromatic N) is 3. The topological polar surface area (TPSA) is 146 Å². The second kappa shape index (κ2) is 19.1. The molecule has 0 fully saturated rings. The van der Waals surface area contributed by atoms with Gasteiger partial charge in [-0.3, -0.25) is 14.8 Å². The minimum absolute atomic E-state index is 0.0449. The maximum absolute atomic E-state index is 14.0. The summed E-state index contributed by atoms with van der Waals surface area (Å²) in [7, 11) is 1.66. The normalized spacial score (nSPS) is 13.4. The van der Waals surface area contributed by atoms with Gasteiger partial charge in [-0.2, -0.15) is 0 Å². The zero-order valence-corrected chi connectivity index (χ0v) is 30.4. The van der Waals surface area contributed by atoms with Crippen LogP contribution >= 0.6 is 0 Å². The summed E-state index contributed by atoms with van der Waals surface area (Å²) in [4.78, 5) is 50.6. The van der Waals surface area contributed by atoms with E-state index in [-0.39, 0.29) is 25.5 Å². The molecule has 0 unspecified atom stereocenters. The largest absolute Gasteiger partial charge is 0.445 e. The van der Waals surface area contributed by atoms with Gasteiger partial charge in [-0.1, -0.05) is 105 Å². The summed E-state index contributed by atoms with van der Waals surface area (Å²) in [6, 6.07) is 31.8. The average molecular weight is 717 g/mol. The fraction of sp³-hybridized carbons (Fsp3) is 0.310. The van der Waals surface area contributed by atoms with Crippen molar-refractivity contribution in [3.05, 3.63) is 144 Å². The van der Waals surface area contributed by atoms with E-state index in [1.54, 1.807) is 25.5 Å². The quantitative estimate of drug-likeness (QED) is 0.101. The molecule has 2 heterocycles. The van der Waals surface area contributed by atoms with Crippen molar-refractivity contribution in [2.75, 3.05) is 7.05 Å². The maximum atomic E-state index is 14.0. The van der Waals surface area contributed by atoms with E-state index in [1.807, 2.05) is 117 Å². The van der Waals surface area contributed by atoms with Gasteiger partial charge in [0.05, 0.1) is 29.9 Å². The van der Waals surface area contributed by atoms with E-state index in [0.717, 1.165) is 33.3 Å². The number of hydrogen-bond donors (Lipinski definition) is 4. The van der Waals surface area contributed by atoms with E-state index in [2.05, 4.69) is 25.9 Å². The number of rotatable bonds is 16. The number of amides is 4. The second-order valence-electron chi connectivity index (χ2n) is 13.6. The summed E-state index contributed by atoms with van der Waals surface area (Å²) < 4.78 is 5.48. The molecule has 0 aliphatic rings. The Morgan fingerprint density at radius 1 is 0.774 bits per heavy atom. The van der Waals surface area contributed by atoms with Crippen molar-refractivity contribution in [3.8, 4) is 0 Å². The van der Waals surface area contributed by atoms with Crippen molar-refractivity contribution in [1.29, 1.82) is 0 Å². The monoisotopic (exact) mass is 716 g/mol. The van der Waals surface area contributed by atoms with Crippen molar-refractivity contribution in [2.24, 2.45) is 5.92 Å². The average Bonchev–Trinajstić information content (AvgIpc) is 3.16. The molecule has 53 heavy (non-hydrogen) atoms. The third-order valence-corrected chi connectivity index (χ3v) is 8.99. The van der Waals surface area contributed by atoms with Gasteiger partial charge in [-0.05, 0) is 54.5 Å². The molecular formula is C42H48N6O5. The first kappa shape index (κ1) is 38.4. The molecule has 0 saturated heterocycles. The van der Waals surface area contributed by atoms with E-state index in [1.165, 1.54) is 4.90 Å². The van der Waals surface area contributed by atoms with Crippen molar-refractivity contribution in [2.45, 2.75) is 70.5 Å². The zero-order chi connectivity index (χ0) is 37.6. The first-order valence-corrected chi connectivity index (χ1v) is 17.9. The number of alkyl carbamates (subject to hydrolysis) is 1. The smallest absolute Gasteiger partial charge is 0.407 e. The van der Waals surface area contributed by atoms with Crippen LogP contribution in [0.2, 0.25) is 0 Å². The highest BCUT2D eigenvalue weighted by atomic mass is 16.5. The highest BCUT2D eigenvalue weighted by Gasteiger charge is 2.31. The minimum Gasteiger partial charge on any atom is -0.445 e. The van der Waals surface area contributed by atoms with Gasteiger partial charge < -0.3 is 30.7 Å². The van der Waals surface area contributed by atoms with E-state index in [4.69, 9.17) is 4.74 Å². The highest BCUT2D eigenvalue weighted by molar-refractivity contribution is 5.87. The Morgan fingerprint density at radius 2 is 1.43 bits per heavy atom. The molecule has 0 spiro atoms. The Labute approximate surface area is 310 Å². The lowest BCUT2D eigenvalue weighted by atomic mass is 9.93. The molecule has 11 nitrogen and oxygen atoms in total. The number of carbonyl (C=O) groups is 3. The van der Waals surface area contributed by atoms with Crippen LogP contribution in [-0.2, 0) is 35.5 Å². The lowest BCUT2D eigenvalue weighted by molar-refractivity contribution is -0.125. The minimum atomic E-state index is -1.07. The van der Waals surface area contributed by atoms with Crippen LogP contribution in [-0.4, -0.2) is 69.3 Å². The zero-order valence-electron chi connectivity index (χ0n) is 30.4. The number of fused-ring (bicyclic) bond motifs is 1. The Morgan fingerprint density at radius 3 is 2.11 bits per heavy atom. The predicted octanol–water partition coefficient (Wildman–Crippen LogP) is 5.81. The Hall–Kier alpha value is -5.81. The fourth-order valence-electron chi connectivity index (χ4n) is 6.10. The van der Waals surface area contributed by atoms with Gasteiger partial charge in [-0.25, -0.2) is 9.59 Å². The number of aromatic nitrogens is 2. The van der Waals surface area contributed by atoms with Crippen LogP contribution in [0.15, 0.2) is 122 Å². The van der Waals surface area contributed by atoms with Crippen molar-refractivity contribution < 1.29 is 24.2 Å². The van der Waals surface area contributed by atoms with Crippen LogP contribution in [0.1, 0.15) is 42.7 Å². The van der Waals surface area contributed by atoms with Crippen LogP contribution in [0.4, 0.5) is 9.59 Å². The first-order valence-electron chi connectivity index (χ1n) is 17.9. The molecule has 5 aromatic rings. The third-order valence-electron chi connectivity index (χ3n) is 8.99. The Kier molecular flexibility index (Phi) is 13.9. The van der Waals surface area contributed by atoms with E-state index < -0.39 is 42.3 Å². The van der Waals surface area contributed by atoms with Crippen LogP contribution in [0.25, 0.3) is 10.9 Å². The van der Waals surface area contributed by atoms with Gasteiger partial charge in [-0.15, -0.1) is 0 Å². The molecule has 3 aromatic carbocycles. The van der Waals surface area contributed by atoms with Crippen LogP contribution in [0.3, 0.4) is 0 Å². The summed E-state index contributed by atoms with van der Waals surface area (Å²) in [5.41, 5.74) is 4.18. The molecule has 0 saturated carbocycles. The van der Waals surface area contributed by atoms with Gasteiger partial charge in [0.1, 0.15) is 12.6 Å². The van der Waals surface area contributed by atoms with Gasteiger partial charge in [0.2, 0.25) is 5.91 Å². The summed E-state index contributed by atoms with van der Waals surface area (Å²) in [6.45, 7) is 4.01. The van der Waals surface area contributed by atoms with Crippen molar-refractivity contribution in [3.63, 3.8) is 0 Å². The van der Waals surface area contributed by atoms with E-state index in [0.29, 0.717) is 12.8 Å². The molecule has 11 heteroatoms. The van der Waals surface area contributed by atoms with Gasteiger partial charge in [0.15, 0.2) is 0 Å². The molecule has 0 bridgehead atoms. The number of urea groups is 1. The number of carbonyl (C=O) groups excluding carboxylic acids is 3. The number of aliphatic hydroxyl groups is 1. The molecule has 0 aliphatic heterocycles. The lowest BCUT2D eigenvalue weighted by Gasteiger charge is -2.31. The molecule has 4 atom stereocenters. The van der Waals surface area contributed by atoms with E-state index >= 15 is 0 Å². The fourth-order valence-corrected chi connectivity index (χ4v) is 6.10. The molecule has 4 amide bonds. The van der Waals surface area contributed by atoms with Crippen LogP contribution in [0, 0.1) is 5.92 Å². The Balaban J connectivity index is 1.28. The number of ether oxygens (including phenoxy) is 1. The molecule has 4 N–H and O–H groups in total. The SMILES string of the molecule is CC(C)[C@H](NC(=O)N(C)Cc1ccc2ccccc2n1)C(=O)N[C@@H](Cc1ccccc1)[C@@H](O)C[C@H](Cc1ccccc1)NC(=O)OCc1cccnc1. The number of hydrogen-bond acceptors (Lipinski definition) is 7. The maximum Gasteiger partial charge on any atom is 0.407 e. The molecule has 2 aromatic heterocycles. The van der Waals surface area contributed by atoms with Crippen molar-refractivity contribution >= 4 is 28.9 Å². The number of aliphatic hydroxyl groups excluding tert-OH is 1. The number of para-hydroxylation sites is 1. The molecule has 0 aliphatic carbocycles. The lowest BCUT2D eigenvalue weighted by Crippen LogP contribution is -2.57. The first-order chi connectivity index (χ1) is 25.6. The van der Waals surface area contributed by atoms with Gasteiger partial charge in [0.25, 0.3) is 0 Å². The van der Waals surface area contributed by atoms with Crippen molar-refractivity contribution in [1.82, 2.24) is 30.8 Å². The molecular weight excluding hydrogens is 668 g/mol. The number of benzene rings is 3. The standard InChI is InChI=1S/C42H48N6O5/c1-29(2)39(47-41(51)48(3)27-34-21-20-33-18-10-11-19-36(33)44-34)40(50)46-37(24-31-15-8-5-9-16-31)38(49)25-35(23-30-13-6-4-7-14-30)45-42(52)53-28-32-17-12-22-43-26-32/h4-22,26,29,35,37-39,49H,23-25,27-28H2,1-3H3,(H,45,52)(H,46,50)(H,47,51)/t35-,37-,38-,39-/m0/s1. The van der Waals surface area contributed by atoms with Crippen LogP contribution < -0.4 is 16.0 Å². The number of nitrogens with one attached hydrogen (secondary N) is 3. The summed E-state index contributed by atoms with van der Waals surface area (Å²) in [5, 5.41) is 21.7. The third kappa shape index (κ3) is 11.9.